The maximum Gasteiger partial charge on any atom is 0.193 e. The van der Waals surface area contributed by atoms with Crippen LogP contribution in [0.4, 0.5) is 0 Å². The van der Waals surface area contributed by atoms with Gasteiger partial charge in [0.1, 0.15) is 0 Å². The first kappa shape index (κ1) is 16.1. The second-order valence-electron chi connectivity index (χ2n) is 6.05. The molecule has 1 aliphatic carbocycles. The number of hydrogen-bond acceptors (Lipinski definition) is 2. The summed E-state index contributed by atoms with van der Waals surface area (Å²) in [4.78, 5) is 8.54. The van der Waals surface area contributed by atoms with E-state index in [0.29, 0.717) is 5.92 Å². The third-order valence-corrected chi connectivity index (χ3v) is 5.33. The van der Waals surface area contributed by atoms with Crippen LogP contribution in [-0.2, 0) is 12.8 Å². The third-order valence-electron chi connectivity index (χ3n) is 4.39. The van der Waals surface area contributed by atoms with Crippen LogP contribution in [0.1, 0.15) is 28.8 Å². The molecule has 0 saturated heterocycles. The van der Waals surface area contributed by atoms with Gasteiger partial charge >= 0.3 is 0 Å². The first-order valence-electron chi connectivity index (χ1n) is 8.37. The lowest BCUT2D eigenvalue weighted by atomic mass is 9.78. The normalized spacial score (nSPS) is 16.6. The molecule has 1 aromatic heterocycles. The van der Waals surface area contributed by atoms with Crippen LogP contribution in [0, 0.1) is 0 Å². The number of aliphatic imine (C=N–C) groups is 1. The van der Waals surface area contributed by atoms with Crippen molar-refractivity contribution in [1.82, 2.24) is 10.2 Å². The largest absolute Gasteiger partial charge is 0.357 e. The highest BCUT2D eigenvalue weighted by Crippen LogP contribution is 2.34. The van der Waals surface area contributed by atoms with Crippen LogP contribution in [0.15, 0.2) is 46.8 Å². The maximum atomic E-state index is 4.87. The fourth-order valence-electron chi connectivity index (χ4n) is 3.03. The number of rotatable bonds is 6. The zero-order valence-corrected chi connectivity index (χ0v) is 14.8. The number of nitrogens with zero attached hydrogens (tertiary/aromatic N) is 2. The van der Waals surface area contributed by atoms with Crippen LogP contribution in [0.5, 0.6) is 0 Å². The molecule has 0 aliphatic heterocycles. The van der Waals surface area contributed by atoms with Crippen molar-refractivity contribution in [2.75, 3.05) is 26.7 Å². The first-order chi connectivity index (χ1) is 11.3. The van der Waals surface area contributed by atoms with Gasteiger partial charge in [0.15, 0.2) is 5.96 Å². The SMILES string of the molecule is CCNC(=NCC1Cc2ccccc21)N(C)CCc1cccs1. The van der Waals surface area contributed by atoms with Gasteiger partial charge in [0, 0.05) is 37.5 Å². The molecule has 0 spiro atoms. The molecule has 1 atom stereocenters. The highest BCUT2D eigenvalue weighted by atomic mass is 32.1. The van der Waals surface area contributed by atoms with Gasteiger partial charge in [-0.2, -0.15) is 0 Å². The van der Waals surface area contributed by atoms with E-state index in [1.165, 1.54) is 16.0 Å². The predicted octanol–water partition coefficient (Wildman–Crippen LogP) is 3.53. The van der Waals surface area contributed by atoms with E-state index in [9.17, 15) is 0 Å². The summed E-state index contributed by atoms with van der Waals surface area (Å²) in [6.45, 7) is 4.90. The summed E-state index contributed by atoms with van der Waals surface area (Å²) in [5, 5.41) is 5.56. The number of benzene rings is 1. The van der Waals surface area contributed by atoms with E-state index < -0.39 is 0 Å². The Bertz CT molecular complexity index is 648. The number of likely N-dealkylation sites (N-methyl/N-ethyl adjacent to an activating group) is 1. The highest BCUT2D eigenvalue weighted by Gasteiger charge is 2.25. The van der Waals surface area contributed by atoms with Gasteiger partial charge in [-0.15, -0.1) is 11.3 Å². The Kier molecular flexibility index (Phi) is 5.34. The molecular formula is C19H25N3S. The van der Waals surface area contributed by atoms with E-state index in [0.717, 1.165) is 38.4 Å². The number of nitrogens with one attached hydrogen (secondary N) is 1. The van der Waals surface area contributed by atoms with Gasteiger partial charge in [0.05, 0.1) is 0 Å². The second-order valence-corrected chi connectivity index (χ2v) is 7.08. The summed E-state index contributed by atoms with van der Waals surface area (Å²) in [5.41, 5.74) is 2.97. The molecule has 1 heterocycles. The molecular weight excluding hydrogens is 302 g/mol. The Morgan fingerprint density at radius 3 is 2.91 bits per heavy atom. The number of hydrogen-bond donors (Lipinski definition) is 1. The van der Waals surface area contributed by atoms with Crippen LogP contribution >= 0.6 is 11.3 Å². The lowest BCUT2D eigenvalue weighted by Gasteiger charge is -2.29. The third kappa shape index (κ3) is 3.94. The summed E-state index contributed by atoms with van der Waals surface area (Å²) in [5.74, 6) is 1.61. The zero-order valence-electron chi connectivity index (χ0n) is 14.0. The summed E-state index contributed by atoms with van der Waals surface area (Å²) >= 11 is 1.83. The number of thiophene rings is 1. The van der Waals surface area contributed by atoms with E-state index in [-0.39, 0.29) is 0 Å². The molecule has 122 valence electrons. The van der Waals surface area contributed by atoms with Crippen molar-refractivity contribution >= 4 is 17.3 Å². The molecule has 1 aromatic carbocycles. The molecule has 0 saturated carbocycles. The molecule has 1 aliphatic rings. The number of guanidine groups is 1. The Morgan fingerprint density at radius 2 is 2.17 bits per heavy atom. The standard InChI is InChI=1S/C19H25N3S/c1-3-20-19(22(2)11-10-17-8-6-12-23-17)21-14-16-13-15-7-4-5-9-18(15)16/h4-9,12,16H,3,10-11,13-14H2,1-2H3,(H,20,21). The van der Waals surface area contributed by atoms with Gasteiger partial charge in [-0.3, -0.25) is 4.99 Å². The molecule has 1 unspecified atom stereocenters. The van der Waals surface area contributed by atoms with Crippen molar-refractivity contribution in [2.24, 2.45) is 4.99 Å². The molecule has 0 radical (unpaired) electrons. The van der Waals surface area contributed by atoms with Gasteiger partial charge in [0.25, 0.3) is 0 Å². The van der Waals surface area contributed by atoms with Crippen LogP contribution in [0.3, 0.4) is 0 Å². The van der Waals surface area contributed by atoms with Crippen molar-refractivity contribution in [3.63, 3.8) is 0 Å². The average molecular weight is 327 g/mol. The van der Waals surface area contributed by atoms with Gasteiger partial charge in [0.2, 0.25) is 0 Å². The lowest BCUT2D eigenvalue weighted by Crippen LogP contribution is -2.40. The van der Waals surface area contributed by atoms with Gasteiger partial charge < -0.3 is 10.2 Å². The molecule has 2 aromatic rings. The van der Waals surface area contributed by atoms with Crippen molar-refractivity contribution < 1.29 is 0 Å². The fourth-order valence-corrected chi connectivity index (χ4v) is 3.73. The van der Waals surface area contributed by atoms with Crippen LogP contribution < -0.4 is 5.32 Å². The fraction of sp³-hybridized carbons (Fsp3) is 0.421. The van der Waals surface area contributed by atoms with Crippen LogP contribution in [0.2, 0.25) is 0 Å². The quantitative estimate of drug-likeness (QED) is 0.649. The van der Waals surface area contributed by atoms with Crippen LogP contribution in [0.25, 0.3) is 0 Å². The summed E-state index contributed by atoms with van der Waals surface area (Å²) in [6.07, 6.45) is 2.24. The minimum atomic E-state index is 0.588. The Hall–Kier alpha value is -1.81. The van der Waals surface area contributed by atoms with E-state index in [1.54, 1.807) is 0 Å². The monoisotopic (exact) mass is 327 g/mol. The van der Waals surface area contributed by atoms with Crippen molar-refractivity contribution in [3.05, 3.63) is 57.8 Å². The summed E-state index contributed by atoms with van der Waals surface area (Å²) in [7, 11) is 2.13. The summed E-state index contributed by atoms with van der Waals surface area (Å²) in [6, 6.07) is 13.1. The molecule has 23 heavy (non-hydrogen) atoms. The smallest absolute Gasteiger partial charge is 0.193 e. The lowest BCUT2D eigenvalue weighted by molar-refractivity contribution is 0.483. The molecule has 0 fully saturated rings. The van der Waals surface area contributed by atoms with Crippen molar-refractivity contribution in [3.8, 4) is 0 Å². The van der Waals surface area contributed by atoms with E-state index >= 15 is 0 Å². The maximum absolute atomic E-state index is 4.87. The number of fused-ring (bicyclic) bond motifs is 1. The Morgan fingerprint density at radius 1 is 1.30 bits per heavy atom. The van der Waals surface area contributed by atoms with E-state index in [1.807, 2.05) is 11.3 Å². The second kappa shape index (κ2) is 7.64. The van der Waals surface area contributed by atoms with Gasteiger partial charge in [-0.25, -0.2) is 0 Å². The Labute approximate surface area is 143 Å². The predicted molar refractivity (Wildman–Crippen MR) is 99.5 cm³/mol. The molecule has 1 N–H and O–H groups in total. The average Bonchev–Trinajstić information content (AvgIpc) is 3.06. The van der Waals surface area contributed by atoms with Gasteiger partial charge in [-0.1, -0.05) is 30.3 Å². The van der Waals surface area contributed by atoms with Crippen molar-refractivity contribution in [2.45, 2.75) is 25.7 Å². The minimum absolute atomic E-state index is 0.588. The van der Waals surface area contributed by atoms with Crippen LogP contribution in [-0.4, -0.2) is 37.5 Å². The Balaban J connectivity index is 1.57. The molecule has 3 rings (SSSR count). The minimum Gasteiger partial charge on any atom is -0.357 e. The topological polar surface area (TPSA) is 27.6 Å². The molecule has 0 bridgehead atoms. The first-order valence-corrected chi connectivity index (χ1v) is 9.25. The van der Waals surface area contributed by atoms with Crippen molar-refractivity contribution in [1.29, 1.82) is 0 Å². The molecule has 0 amide bonds. The zero-order chi connectivity index (χ0) is 16.1. The summed E-state index contributed by atoms with van der Waals surface area (Å²) < 4.78 is 0. The highest BCUT2D eigenvalue weighted by molar-refractivity contribution is 7.09. The molecule has 3 nitrogen and oxygen atoms in total. The molecule has 4 heteroatoms. The van der Waals surface area contributed by atoms with E-state index in [2.05, 4.69) is 66.0 Å². The van der Waals surface area contributed by atoms with Gasteiger partial charge in [-0.05, 0) is 42.3 Å². The van der Waals surface area contributed by atoms with E-state index in [4.69, 9.17) is 4.99 Å².